The van der Waals surface area contributed by atoms with Crippen molar-refractivity contribution in [2.45, 2.75) is 31.8 Å². The van der Waals surface area contributed by atoms with Gasteiger partial charge in [-0.05, 0) is 37.0 Å². The van der Waals surface area contributed by atoms with Crippen LogP contribution >= 0.6 is 0 Å². The van der Waals surface area contributed by atoms with Crippen molar-refractivity contribution in [1.82, 2.24) is 10.6 Å². The van der Waals surface area contributed by atoms with Gasteiger partial charge in [0.1, 0.15) is 5.82 Å². The molecule has 5 nitrogen and oxygen atoms in total. The van der Waals surface area contributed by atoms with E-state index in [4.69, 9.17) is 5.73 Å². The minimum absolute atomic E-state index is 0.00923. The Morgan fingerprint density at radius 3 is 2.78 bits per heavy atom. The first kappa shape index (κ1) is 16.2. The van der Waals surface area contributed by atoms with Gasteiger partial charge in [-0.15, -0.1) is 0 Å². The van der Waals surface area contributed by atoms with Gasteiger partial charge in [0, 0.05) is 44.7 Å². The molecule has 0 radical (unpaired) electrons. The normalized spacial score (nSPS) is 24.7. The van der Waals surface area contributed by atoms with Crippen molar-refractivity contribution in [3.05, 3.63) is 29.6 Å². The Morgan fingerprint density at radius 1 is 1.35 bits per heavy atom. The van der Waals surface area contributed by atoms with Crippen LogP contribution in [-0.4, -0.2) is 38.1 Å². The summed E-state index contributed by atoms with van der Waals surface area (Å²) in [7, 11) is 0. The summed E-state index contributed by atoms with van der Waals surface area (Å²) in [5, 5.41) is 6.16. The van der Waals surface area contributed by atoms with E-state index in [-0.39, 0.29) is 23.7 Å². The molecule has 1 saturated heterocycles. The molecule has 1 aromatic carbocycles. The average Bonchev–Trinajstić information content (AvgIpc) is 3.00. The molecule has 2 atom stereocenters. The largest absolute Gasteiger partial charge is 0.367 e. The molecule has 0 spiro atoms. The van der Waals surface area contributed by atoms with Gasteiger partial charge in [0.15, 0.2) is 0 Å². The fraction of sp³-hybridized carbons (Fsp3) is 0.588. The van der Waals surface area contributed by atoms with Crippen LogP contribution in [0.25, 0.3) is 0 Å². The van der Waals surface area contributed by atoms with Gasteiger partial charge in [-0.3, -0.25) is 4.79 Å². The maximum atomic E-state index is 14.3. The van der Waals surface area contributed by atoms with Crippen molar-refractivity contribution in [3.63, 3.8) is 0 Å². The summed E-state index contributed by atoms with van der Waals surface area (Å²) in [6, 6.07) is 5.37. The van der Waals surface area contributed by atoms with Crippen molar-refractivity contribution in [1.29, 1.82) is 0 Å². The average molecular weight is 320 g/mol. The van der Waals surface area contributed by atoms with Gasteiger partial charge in [-0.25, -0.2) is 4.39 Å². The molecule has 1 aliphatic heterocycles. The molecule has 6 heteroatoms. The van der Waals surface area contributed by atoms with Crippen LogP contribution in [0, 0.1) is 11.7 Å². The quantitative estimate of drug-likeness (QED) is 0.773. The molecule has 126 valence electrons. The number of hydrogen-bond acceptors (Lipinski definition) is 4. The third-order valence-corrected chi connectivity index (χ3v) is 4.78. The van der Waals surface area contributed by atoms with Gasteiger partial charge in [-0.2, -0.15) is 0 Å². The third kappa shape index (κ3) is 4.00. The molecule has 0 aromatic heterocycles. The van der Waals surface area contributed by atoms with E-state index < -0.39 is 0 Å². The van der Waals surface area contributed by atoms with Gasteiger partial charge in [0.2, 0.25) is 5.91 Å². The molecule has 1 amide bonds. The van der Waals surface area contributed by atoms with Crippen molar-refractivity contribution in [2.24, 2.45) is 11.7 Å². The van der Waals surface area contributed by atoms with E-state index in [9.17, 15) is 9.18 Å². The Labute approximate surface area is 136 Å². The number of nitrogens with one attached hydrogen (secondary N) is 2. The maximum Gasteiger partial charge on any atom is 0.223 e. The molecule has 23 heavy (non-hydrogen) atoms. The molecule has 2 unspecified atom stereocenters. The van der Waals surface area contributed by atoms with Crippen LogP contribution in [0.4, 0.5) is 10.1 Å². The number of rotatable bonds is 4. The van der Waals surface area contributed by atoms with Gasteiger partial charge in [0.05, 0.1) is 5.69 Å². The van der Waals surface area contributed by atoms with Crippen LogP contribution in [0.1, 0.15) is 24.8 Å². The number of nitrogens with two attached hydrogens (primary N) is 1. The number of benzene rings is 1. The Balaban J connectivity index is 1.56. The summed E-state index contributed by atoms with van der Waals surface area (Å²) in [5.41, 5.74) is 7.27. The summed E-state index contributed by atoms with van der Waals surface area (Å²) < 4.78 is 14.3. The smallest absolute Gasteiger partial charge is 0.223 e. The Hall–Kier alpha value is -1.66. The molecule has 4 N–H and O–H groups in total. The lowest BCUT2D eigenvalue weighted by Crippen LogP contribution is -2.43. The van der Waals surface area contributed by atoms with E-state index in [1.807, 2.05) is 17.0 Å². The van der Waals surface area contributed by atoms with E-state index in [1.54, 1.807) is 0 Å². The van der Waals surface area contributed by atoms with Crippen LogP contribution in [0.5, 0.6) is 0 Å². The number of nitrogens with zero attached hydrogens (tertiary/aromatic N) is 1. The first-order valence-electron chi connectivity index (χ1n) is 8.41. The molecule has 0 bridgehead atoms. The molecule has 1 heterocycles. The topological polar surface area (TPSA) is 70.4 Å². The number of piperazine rings is 1. The maximum absolute atomic E-state index is 14.3. The number of anilines is 1. The monoisotopic (exact) mass is 320 g/mol. The Kier molecular flexibility index (Phi) is 5.13. The van der Waals surface area contributed by atoms with Gasteiger partial charge in [-0.1, -0.05) is 6.07 Å². The number of amides is 1. The minimum Gasteiger partial charge on any atom is -0.367 e. The highest BCUT2D eigenvalue weighted by Crippen LogP contribution is 2.24. The predicted molar refractivity (Wildman–Crippen MR) is 88.6 cm³/mol. The summed E-state index contributed by atoms with van der Waals surface area (Å²) in [6.45, 7) is 3.74. The second kappa shape index (κ2) is 7.27. The first-order valence-corrected chi connectivity index (χ1v) is 8.41. The van der Waals surface area contributed by atoms with Crippen molar-refractivity contribution in [2.75, 3.05) is 31.1 Å². The molecule has 1 saturated carbocycles. The second-order valence-corrected chi connectivity index (χ2v) is 6.51. The van der Waals surface area contributed by atoms with Crippen molar-refractivity contribution >= 4 is 11.6 Å². The van der Waals surface area contributed by atoms with E-state index in [0.29, 0.717) is 12.2 Å². The molecular weight excluding hydrogens is 295 g/mol. The molecule has 2 fully saturated rings. The highest BCUT2D eigenvalue weighted by molar-refractivity contribution is 5.79. The highest BCUT2D eigenvalue weighted by atomic mass is 19.1. The number of carbonyl (C=O) groups is 1. The molecule has 2 aliphatic rings. The van der Waals surface area contributed by atoms with Gasteiger partial charge < -0.3 is 21.3 Å². The standard InChI is InChI=1S/C17H25FN4O/c18-15-9-12(1-4-16(15)22-7-5-20-6-8-22)11-21-17(23)13-2-3-14(19)10-13/h1,4,9,13-14,20H,2-3,5-8,10-11,19H2,(H,21,23). The summed E-state index contributed by atoms with van der Waals surface area (Å²) in [6.07, 6.45) is 2.51. The Morgan fingerprint density at radius 2 is 2.13 bits per heavy atom. The third-order valence-electron chi connectivity index (χ3n) is 4.78. The van der Waals surface area contributed by atoms with E-state index >= 15 is 0 Å². The molecule has 1 aliphatic carbocycles. The van der Waals surface area contributed by atoms with E-state index in [2.05, 4.69) is 10.6 Å². The fourth-order valence-corrected chi connectivity index (χ4v) is 3.41. The van der Waals surface area contributed by atoms with Crippen LogP contribution < -0.4 is 21.3 Å². The van der Waals surface area contributed by atoms with Gasteiger partial charge in [0.25, 0.3) is 0 Å². The highest BCUT2D eigenvalue weighted by Gasteiger charge is 2.27. The van der Waals surface area contributed by atoms with Crippen LogP contribution in [0.3, 0.4) is 0 Å². The number of carbonyl (C=O) groups excluding carboxylic acids is 1. The van der Waals surface area contributed by atoms with E-state index in [1.165, 1.54) is 6.07 Å². The molecule has 3 rings (SSSR count). The summed E-state index contributed by atoms with van der Waals surface area (Å²) in [5.74, 6) is -0.180. The summed E-state index contributed by atoms with van der Waals surface area (Å²) >= 11 is 0. The van der Waals surface area contributed by atoms with Crippen LogP contribution in [0.15, 0.2) is 18.2 Å². The lowest BCUT2D eigenvalue weighted by Gasteiger charge is -2.29. The number of halogens is 1. The van der Waals surface area contributed by atoms with Crippen LogP contribution in [-0.2, 0) is 11.3 Å². The zero-order valence-electron chi connectivity index (χ0n) is 13.4. The molecular formula is C17H25FN4O. The van der Waals surface area contributed by atoms with Crippen LogP contribution in [0.2, 0.25) is 0 Å². The first-order chi connectivity index (χ1) is 11.1. The SMILES string of the molecule is NC1CCC(C(=O)NCc2ccc(N3CCNCC3)c(F)c2)C1. The fourth-order valence-electron chi connectivity index (χ4n) is 3.41. The van der Waals surface area contributed by atoms with Crippen molar-refractivity contribution < 1.29 is 9.18 Å². The molecule has 1 aromatic rings. The minimum atomic E-state index is -0.221. The number of hydrogen-bond donors (Lipinski definition) is 3. The Bertz CT molecular complexity index is 560. The van der Waals surface area contributed by atoms with Gasteiger partial charge >= 0.3 is 0 Å². The van der Waals surface area contributed by atoms with E-state index in [0.717, 1.165) is 51.0 Å². The zero-order chi connectivity index (χ0) is 16.2. The van der Waals surface area contributed by atoms with Crippen molar-refractivity contribution in [3.8, 4) is 0 Å². The predicted octanol–water partition coefficient (Wildman–Crippen LogP) is 0.979. The second-order valence-electron chi connectivity index (χ2n) is 6.51. The summed E-state index contributed by atoms with van der Waals surface area (Å²) in [4.78, 5) is 14.1. The zero-order valence-corrected chi connectivity index (χ0v) is 13.4. The lowest BCUT2D eigenvalue weighted by molar-refractivity contribution is -0.125. The lowest BCUT2D eigenvalue weighted by atomic mass is 10.1.